The number of anilines is 1. The van der Waals surface area contributed by atoms with Crippen molar-refractivity contribution in [3.05, 3.63) is 30.3 Å². The van der Waals surface area contributed by atoms with Gasteiger partial charge in [-0.3, -0.25) is 10.2 Å². The molecule has 4 N–H and O–H groups in total. The number of hydrogen-bond donors (Lipinski definition) is 3. The average molecular weight is 312 g/mol. The number of hydrogen-bond acceptors (Lipinski definition) is 5. The van der Waals surface area contributed by atoms with E-state index in [-0.39, 0.29) is 0 Å². The summed E-state index contributed by atoms with van der Waals surface area (Å²) >= 11 is 6.44. The Bertz CT molecular complexity index is 523. The van der Waals surface area contributed by atoms with Crippen LogP contribution in [0.4, 0.5) is 10.5 Å². The van der Waals surface area contributed by atoms with E-state index in [1.54, 1.807) is 24.3 Å². The zero-order chi connectivity index (χ0) is 14.9. The minimum Gasteiger partial charge on any atom is -0.306 e. The number of thioether (sulfide) groups is 1. The Hall–Kier alpha value is -1.35. The van der Waals surface area contributed by atoms with E-state index in [9.17, 15) is 10.0 Å². The van der Waals surface area contributed by atoms with Crippen molar-refractivity contribution >= 4 is 40.0 Å². The van der Waals surface area contributed by atoms with Crippen LogP contribution in [0.5, 0.6) is 0 Å². The Morgan fingerprint density at radius 3 is 2.60 bits per heavy atom. The third kappa shape index (κ3) is 2.88. The first kappa shape index (κ1) is 15.0. The van der Waals surface area contributed by atoms with Gasteiger partial charge in [-0.1, -0.05) is 42.2 Å². The van der Waals surface area contributed by atoms with Crippen molar-refractivity contribution in [2.75, 3.05) is 5.32 Å². The lowest BCUT2D eigenvalue weighted by molar-refractivity contribution is -0.114. The Labute approximate surface area is 126 Å². The van der Waals surface area contributed by atoms with Crippen molar-refractivity contribution in [3.63, 3.8) is 0 Å². The highest BCUT2D eigenvalue weighted by atomic mass is 32.2. The fourth-order valence-corrected chi connectivity index (χ4v) is 3.71. The van der Waals surface area contributed by atoms with Crippen LogP contribution in [0, 0.1) is 0 Å². The molecule has 1 saturated heterocycles. The van der Waals surface area contributed by atoms with E-state index in [4.69, 9.17) is 18.1 Å². The minimum atomic E-state index is -0.733. The fraction of sp³-hybridized carbons (Fsp3) is 0.333. The van der Waals surface area contributed by atoms with Crippen molar-refractivity contribution < 1.29 is 10.0 Å². The van der Waals surface area contributed by atoms with Crippen molar-refractivity contribution in [1.82, 2.24) is 10.1 Å². The van der Waals surface area contributed by atoms with Gasteiger partial charge >= 0.3 is 6.03 Å². The smallest absolute Gasteiger partial charge is 0.306 e. The molecule has 1 aliphatic heterocycles. The molecule has 1 fully saturated rings. The van der Waals surface area contributed by atoms with Crippen LogP contribution in [-0.4, -0.2) is 36.5 Å². The molecule has 8 heteroatoms. The molecule has 2 amide bonds. The fourth-order valence-electron chi connectivity index (χ4n) is 1.99. The first-order valence-electron chi connectivity index (χ1n) is 5.94. The van der Waals surface area contributed by atoms with Crippen LogP contribution in [0.1, 0.15) is 13.8 Å². The van der Waals surface area contributed by atoms with Gasteiger partial charge in [-0.15, -0.1) is 0 Å². The number of carbonyl (C=O) groups excluding carboxylic acids is 1. The predicted octanol–water partition coefficient (Wildman–Crippen LogP) is 2.22. The lowest BCUT2D eigenvalue weighted by Gasteiger charge is -2.34. The number of urea groups is 1. The second-order valence-corrected chi connectivity index (χ2v) is 7.18. The Kier molecular flexibility index (Phi) is 4.19. The van der Waals surface area contributed by atoms with Crippen molar-refractivity contribution in [3.8, 4) is 0 Å². The van der Waals surface area contributed by atoms with E-state index in [2.05, 4.69) is 5.32 Å². The summed E-state index contributed by atoms with van der Waals surface area (Å²) in [5, 5.41) is 14.5. The van der Waals surface area contributed by atoms with Gasteiger partial charge in [0.2, 0.25) is 0 Å². The molecule has 2 rings (SSSR count). The average Bonchev–Trinajstić information content (AvgIpc) is 2.58. The number of thiocarbonyl (C=S) groups is 1. The third-order valence-corrected chi connectivity index (χ3v) is 4.49. The summed E-state index contributed by atoms with van der Waals surface area (Å²) in [6.07, 6.45) is -0.733. The summed E-state index contributed by atoms with van der Waals surface area (Å²) in [5.41, 5.74) is 0.589. The molecule has 1 heterocycles. The predicted molar refractivity (Wildman–Crippen MR) is 83.2 cm³/mol. The molecule has 0 bridgehead atoms. The van der Waals surface area contributed by atoms with E-state index in [0.717, 1.165) is 0 Å². The van der Waals surface area contributed by atoms with E-state index in [0.29, 0.717) is 15.1 Å². The highest BCUT2D eigenvalue weighted by Gasteiger charge is 2.48. The molecule has 1 aromatic rings. The molecule has 1 aromatic carbocycles. The summed E-state index contributed by atoms with van der Waals surface area (Å²) < 4.78 is -0.0687. The van der Waals surface area contributed by atoms with Crippen molar-refractivity contribution in [2.24, 2.45) is 5.84 Å². The van der Waals surface area contributed by atoms with Crippen LogP contribution in [0.15, 0.2) is 30.3 Å². The molecule has 1 unspecified atom stereocenters. The van der Waals surface area contributed by atoms with Gasteiger partial charge < -0.3 is 5.32 Å². The monoisotopic (exact) mass is 312 g/mol. The Morgan fingerprint density at radius 2 is 2.10 bits per heavy atom. The Balaban J connectivity index is 2.12. The van der Waals surface area contributed by atoms with Gasteiger partial charge in [-0.25, -0.2) is 10.6 Å². The van der Waals surface area contributed by atoms with Crippen molar-refractivity contribution in [1.29, 1.82) is 0 Å². The number of carbonyl (C=O) groups is 1. The first-order chi connectivity index (χ1) is 9.33. The van der Waals surface area contributed by atoms with E-state index in [1.807, 2.05) is 19.9 Å². The van der Waals surface area contributed by atoms with Gasteiger partial charge in [0.1, 0.15) is 0 Å². The molecule has 0 radical (unpaired) electrons. The van der Waals surface area contributed by atoms with Crippen LogP contribution in [0.2, 0.25) is 0 Å². The second-order valence-electron chi connectivity index (χ2n) is 4.89. The molecule has 1 aliphatic rings. The molecule has 108 valence electrons. The number of nitrogens with two attached hydrogens (primary N) is 1. The molecule has 0 aromatic heterocycles. The van der Waals surface area contributed by atoms with Gasteiger partial charge in [0, 0.05) is 5.69 Å². The molecule has 6 nitrogen and oxygen atoms in total. The molecule has 1 atom stereocenters. The summed E-state index contributed by atoms with van der Waals surface area (Å²) in [6.45, 7) is 3.72. The SMILES string of the molecule is CC1(C)SC(=S)N(N)C1N(O)C(=O)Nc1ccccc1. The number of benzene rings is 1. The molecule has 20 heavy (non-hydrogen) atoms. The number of rotatable bonds is 2. The normalized spacial score (nSPS) is 20.9. The molecule has 0 spiro atoms. The zero-order valence-corrected chi connectivity index (χ0v) is 12.7. The zero-order valence-electron chi connectivity index (χ0n) is 11.1. The third-order valence-electron chi connectivity index (χ3n) is 2.91. The van der Waals surface area contributed by atoms with E-state index >= 15 is 0 Å². The summed E-state index contributed by atoms with van der Waals surface area (Å²) in [6, 6.07) is 8.21. The lowest BCUT2D eigenvalue weighted by Crippen LogP contribution is -2.57. The highest BCUT2D eigenvalue weighted by Crippen LogP contribution is 2.40. The lowest BCUT2D eigenvalue weighted by atomic mass is 10.1. The number of para-hydroxylation sites is 1. The van der Waals surface area contributed by atoms with Gasteiger partial charge in [0.05, 0.1) is 4.75 Å². The number of nitrogens with one attached hydrogen (secondary N) is 1. The number of amides is 2. The molecular weight excluding hydrogens is 296 g/mol. The molecule has 0 aliphatic carbocycles. The van der Waals surface area contributed by atoms with Gasteiger partial charge in [0.25, 0.3) is 0 Å². The number of nitrogens with zero attached hydrogens (tertiary/aromatic N) is 2. The highest BCUT2D eigenvalue weighted by molar-refractivity contribution is 8.24. The standard InChI is InChI=1S/C12H16N4O2S2/c1-12(2)9(15(13)11(19)20-12)16(18)10(17)14-8-6-4-3-5-7-8/h3-7,9,18H,13H2,1-2H3,(H,14,17). The maximum atomic E-state index is 12.1. The molecular formula is C12H16N4O2S2. The maximum Gasteiger partial charge on any atom is 0.347 e. The summed E-state index contributed by atoms with van der Waals surface area (Å²) in [5.74, 6) is 5.82. The van der Waals surface area contributed by atoms with Gasteiger partial charge in [0.15, 0.2) is 10.5 Å². The van der Waals surface area contributed by atoms with Crippen LogP contribution in [0.25, 0.3) is 0 Å². The van der Waals surface area contributed by atoms with Crippen LogP contribution in [-0.2, 0) is 0 Å². The number of hydroxylamine groups is 2. The van der Waals surface area contributed by atoms with Crippen molar-refractivity contribution in [2.45, 2.75) is 24.8 Å². The summed E-state index contributed by atoms with van der Waals surface area (Å²) in [7, 11) is 0. The largest absolute Gasteiger partial charge is 0.347 e. The topological polar surface area (TPSA) is 81.8 Å². The quantitative estimate of drug-likeness (QED) is 0.336. The van der Waals surface area contributed by atoms with Gasteiger partial charge in [-0.05, 0) is 26.0 Å². The first-order valence-corrected chi connectivity index (χ1v) is 7.16. The van der Waals surface area contributed by atoms with Crippen LogP contribution < -0.4 is 11.2 Å². The number of hydrazine groups is 1. The molecule has 0 saturated carbocycles. The van der Waals surface area contributed by atoms with E-state index in [1.165, 1.54) is 16.8 Å². The van der Waals surface area contributed by atoms with Crippen LogP contribution in [0.3, 0.4) is 0 Å². The van der Waals surface area contributed by atoms with Crippen LogP contribution >= 0.6 is 24.0 Å². The van der Waals surface area contributed by atoms with Gasteiger partial charge in [-0.2, -0.15) is 5.06 Å². The Morgan fingerprint density at radius 1 is 1.50 bits per heavy atom. The minimum absolute atomic E-state index is 0.437. The second kappa shape index (κ2) is 5.57. The van der Waals surface area contributed by atoms with E-state index < -0.39 is 16.9 Å². The summed E-state index contributed by atoms with van der Waals surface area (Å²) in [4.78, 5) is 12.1. The maximum absolute atomic E-state index is 12.1.